The first kappa shape index (κ1) is 7.63. The van der Waals surface area contributed by atoms with Crippen LogP contribution in [0.3, 0.4) is 0 Å². The lowest BCUT2D eigenvalue weighted by Gasteiger charge is -2.02. The normalized spacial score (nSPS) is 13.4. The van der Waals surface area contributed by atoms with Crippen molar-refractivity contribution in [2.75, 3.05) is 5.88 Å². The molecule has 1 heterocycles. The molecule has 3 heteroatoms. The molecule has 0 aromatic carbocycles. The van der Waals surface area contributed by atoms with Crippen LogP contribution < -0.4 is 0 Å². The van der Waals surface area contributed by atoms with E-state index in [1.165, 1.54) is 6.26 Å². The van der Waals surface area contributed by atoms with Gasteiger partial charge < -0.3 is 9.52 Å². The molecule has 0 saturated heterocycles. The predicted octanol–water partition coefficient (Wildman–Crippen LogP) is 1.94. The largest absolute Gasteiger partial charge is 0.467 e. The summed E-state index contributed by atoms with van der Waals surface area (Å²) in [5.74, 6) is 1.03. The lowest BCUT2D eigenvalue weighted by molar-refractivity contribution is 0.146. The zero-order valence-electron chi connectivity index (χ0n) is 5.46. The maximum Gasteiger partial charge on any atom is 0.132 e. The van der Waals surface area contributed by atoms with E-state index in [1.807, 2.05) is 0 Å². The van der Waals surface area contributed by atoms with Crippen LogP contribution in [-0.4, -0.2) is 11.0 Å². The summed E-state index contributed by atoms with van der Waals surface area (Å²) in [7, 11) is 0. The van der Waals surface area contributed by atoms with Gasteiger partial charge in [0.1, 0.15) is 11.9 Å². The Kier molecular flexibility index (Phi) is 2.78. The van der Waals surface area contributed by atoms with Crippen molar-refractivity contribution in [2.24, 2.45) is 0 Å². The van der Waals surface area contributed by atoms with Crippen LogP contribution in [0.4, 0.5) is 0 Å². The third-order valence-corrected chi connectivity index (χ3v) is 1.47. The Morgan fingerprint density at radius 3 is 3.00 bits per heavy atom. The molecular weight excluding hydrogens is 152 g/mol. The van der Waals surface area contributed by atoms with Crippen molar-refractivity contribution >= 4 is 11.6 Å². The highest BCUT2D eigenvalue weighted by Gasteiger charge is 2.07. The number of alkyl halides is 1. The minimum Gasteiger partial charge on any atom is -0.467 e. The molecule has 0 fully saturated rings. The predicted molar refractivity (Wildman–Crippen MR) is 39.0 cm³/mol. The van der Waals surface area contributed by atoms with Gasteiger partial charge in [0, 0.05) is 5.88 Å². The maximum absolute atomic E-state index is 9.23. The van der Waals surface area contributed by atoms with E-state index < -0.39 is 6.10 Å². The van der Waals surface area contributed by atoms with Gasteiger partial charge in [-0.25, -0.2) is 0 Å². The summed E-state index contributed by atoms with van der Waals surface area (Å²) in [6, 6.07) is 3.48. The fourth-order valence-electron chi connectivity index (χ4n) is 0.726. The first-order chi connectivity index (χ1) is 4.84. The van der Waals surface area contributed by atoms with Crippen LogP contribution in [0.2, 0.25) is 0 Å². The molecule has 0 spiro atoms. The van der Waals surface area contributed by atoms with Crippen LogP contribution in [0, 0.1) is 0 Å². The van der Waals surface area contributed by atoms with E-state index in [-0.39, 0.29) is 0 Å². The summed E-state index contributed by atoms with van der Waals surface area (Å²) >= 11 is 5.41. The molecule has 0 aliphatic rings. The molecule has 0 aliphatic heterocycles. The Morgan fingerprint density at radius 1 is 1.70 bits per heavy atom. The smallest absolute Gasteiger partial charge is 0.132 e. The zero-order valence-corrected chi connectivity index (χ0v) is 6.21. The van der Waals surface area contributed by atoms with Crippen LogP contribution in [0.1, 0.15) is 18.3 Å². The minimum atomic E-state index is -0.549. The molecule has 1 atom stereocenters. The molecule has 10 heavy (non-hydrogen) atoms. The second-order valence-corrected chi connectivity index (χ2v) is 2.39. The standard InChI is InChI=1S/C7H9ClO2/c8-4-3-6(9)7-2-1-5-10-7/h1-2,5-6,9H,3-4H2/t6-/m1/s1. The quantitative estimate of drug-likeness (QED) is 0.686. The van der Waals surface area contributed by atoms with Crippen molar-refractivity contribution in [1.29, 1.82) is 0 Å². The van der Waals surface area contributed by atoms with E-state index in [2.05, 4.69) is 0 Å². The molecule has 1 aromatic heterocycles. The summed E-state index contributed by atoms with van der Waals surface area (Å²) < 4.78 is 4.94. The highest BCUT2D eigenvalue weighted by molar-refractivity contribution is 6.17. The van der Waals surface area contributed by atoms with Gasteiger partial charge in [-0.2, -0.15) is 0 Å². The molecule has 0 bridgehead atoms. The van der Waals surface area contributed by atoms with Crippen LogP contribution in [0.25, 0.3) is 0 Å². The van der Waals surface area contributed by atoms with Crippen molar-refractivity contribution in [3.63, 3.8) is 0 Å². The van der Waals surface area contributed by atoms with Gasteiger partial charge in [0.15, 0.2) is 0 Å². The van der Waals surface area contributed by atoms with Crippen molar-refractivity contribution < 1.29 is 9.52 Å². The first-order valence-corrected chi connectivity index (χ1v) is 3.65. The van der Waals surface area contributed by atoms with Crippen LogP contribution in [0.5, 0.6) is 0 Å². The Morgan fingerprint density at radius 2 is 2.50 bits per heavy atom. The fourth-order valence-corrected chi connectivity index (χ4v) is 0.933. The molecule has 1 N–H and O–H groups in total. The number of aliphatic hydroxyl groups is 1. The topological polar surface area (TPSA) is 33.4 Å². The fraction of sp³-hybridized carbons (Fsp3) is 0.429. The van der Waals surface area contributed by atoms with E-state index in [0.717, 1.165) is 0 Å². The summed E-state index contributed by atoms with van der Waals surface area (Å²) in [5, 5.41) is 9.23. The highest BCUT2D eigenvalue weighted by Crippen LogP contribution is 2.16. The van der Waals surface area contributed by atoms with Gasteiger partial charge in [0.25, 0.3) is 0 Å². The van der Waals surface area contributed by atoms with Gasteiger partial charge in [-0.3, -0.25) is 0 Å². The van der Waals surface area contributed by atoms with Gasteiger partial charge in [0.05, 0.1) is 6.26 Å². The van der Waals surface area contributed by atoms with Gasteiger partial charge in [-0.05, 0) is 18.6 Å². The lowest BCUT2D eigenvalue weighted by atomic mass is 10.2. The van der Waals surface area contributed by atoms with E-state index in [1.54, 1.807) is 12.1 Å². The molecule has 2 nitrogen and oxygen atoms in total. The van der Waals surface area contributed by atoms with E-state index in [4.69, 9.17) is 16.0 Å². The number of halogens is 1. The SMILES string of the molecule is O[C@H](CCCl)c1ccco1. The second kappa shape index (κ2) is 3.64. The summed E-state index contributed by atoms with van der Waals surface area (Å²) in [6.45, 7) is 0. The third-order valence-electron chi connectivity index (χ3n) is 1.25. The third kappa shape index (κ3) is 1.75. The van der Waals surface area contributed by atoms with Crippen LogP contribution >= 0.6 is 11.6 Å². The van der Waals surface area contributed by atoms with Crippen molar-refractivity contribution in [3.8, 4) is 0 Å². The maximum atomic E-state index is 9.23. The molecule has 0 saturated carbocycles. The molecule has 0 aliphatic carbocycles. The first-order valence-electron chi connectivity index (χ1n) is 3.12. The van der Waals surface area contributed by atoms with Gasteiger partial charge in [-0.15, -0.1) is 11.6 Å². The monoisotopic (exact) mass is 160 g/mol. The second-order valence-electron chi connectivity index (χ2n) is 2.01. The molecular formula is C7H9ClO2. The van der Waals surface area contributed by atoms with Crippen LogP contribution in [-0.2, 0) is 0 Å². The van der Waals surface area contributed by atoms with E-state index >= 15 is 0 Å². The van der Waals surface area contributed by atoms with E-state index in [0.29, 0.717) is 18.1 Å². The summed E-state index contributed by atoms with van der Waals surface area (Å²) in [4.78, 5) is 0. The molecule has 56 valence electrons. The average Bonchev–Trinajstić information content (AvgIpc) is 2.38. The Labute approximate surface area is 64.4 Å². The number of rotatable bonds is 3. The lowest BCUT2D eigenvalue weighted by Crippen LogP contribution is -1.95. The zero-order chi connectivity index (χ0) is 7.40. The van der Waals surface area contributed by atoms with Gasteiger partial charge >= 0.3 is 0 Å². The summed E-state index contributed by atoms with van der Waals surface area (Å²) in [6.07, 6.45) is 1.52. The number of furan rings is 1. The number of hydrogen-bond acceptors (Lipinski definition) is 2. The van der Waals surface area contributed by atoms with Crippen molar-refractivity contribution in [1.82, 2.24) is 0 Å². The number of hydrogen-bond donors (Lipinski definition) is 1. The van der Waals surface area contributed by atoms with Crippen molar-refractivity contribution in [2.45, 2.75) is 12.5 Å². The van der Waals surface area contributed by atoms with E-state index in [9.17, 15) is 5.11 Å². The van der Waals surface area contributed by atoms with Gasteiger partial charge in [-0.1, -0.05) is 0 Å². The molecule has 0 amide bonds. The molecule has 1 rings (SSSR count). The minimum absolute atomic E-state index is 0.446. The van der Waals surface area contributed by atoms with Gasteiger partial charge in [0.2, 0.25) is 0 Å². The average molecular weight is 161 g/mol. The summed E-state index contributed by atoms with van der Waals surface area (Å²) in [5.41, 5.74) is 0. The number of aliphatic hydroxyl groups excluding tert-OH is 1. The van der Waals surface area contributed by atoms with Crippen LogP contribution in [0.15, 0.2) is 22.8 Å². The molecule has 0 radical (unpaired) electrons. The van der Waals surface area contributed by atoms with Crippen molar-refractivity contribution in [3.05, 3.63) is 24.2 Å². The Bertz CT molecular complexity index is 172. The Balaban J connectivity index is 2.50. The molecule has 0 unspecified atom stereocenters. The molecule has 1 aromatic rings. The highest BCUT2D eigenvalue weighted by atomic mass is 35.5. The Hall–Kier alpha value is -0.470.